The van der Waals surface area contributed by atoms with E-state index < -0.39 is 0 Å². The van der Waals surface area contributed by atoms with Gasteiger partial charge in [-0.2, -0.15) is 0 Å². The van der Waals surface area contributed by atoms with E-state index in [0.717, 1.165) is 35.9 Å². The first-order valence-electron chi connectivity index (χ1n) is 7.58. The van der Waals surface area contributed by atoms with E-state index in [9.17, 15) is 0 Å². The predicted molar refractivity (Wildman–Crippen MR) is 85.6 cm³/mol. The molecule has 0 aliphatic heterocycles. The van der Waals surface area contributed by atoms with Gasteiger partial charge in [0.2, 0.25) is 0 Å². The molecule has 3 N–H and O–H groups in total. The first-order valence-corrected chi connectivity index (χ1v) is 8.40. The molecular weight excluding hydrogens is 268 g/mol. The molecular formula is C15H22N4S. The fourth-order valence-electron chi connectivity index (χ4n) is 2.86. The summed E-state index contributed by atoms with van der Waals surface area (Å²) < 4.78 is 0. The number of nitrogens with two attached hydrogens (primary N) is 1. The molecule has 2 aromatic rings. The maximum Gasteiger partial charge on any atom is 0.138 e. The molecule has 0 radical (unpaired) electrons. The van der Waals surface area contributed by atoms with Crippen molar-refractivity contribution in [2.24, 2.45) is 5.73 Å². The summed E-state index contributed by atoms with van der Waals surface area (Å²) in [5.74, 6) is 1.96. The topological polar surface area (TPSA) is 63.8 Å². The van der Waals surface area contributed by atoms with E-state index in [1.54, 1.807) is 0 Å². The molecule has 0 fully saturated rings. The van der Waals surface area contributed by atoms with E-state index in [4.69, 9.17) is 15.7 Å². The Labute approximate surface area is 123 Å². The number of hydrogen-bond donors (Lipinski definition) is 2. The summed E-state index contributed by atoms with van der Waals surface area (Å²) in [5, 5.41) is 4.66. The van der Waals surface area contributed by atoms with Gasteiger partial charge in [-0.15, -0.1) is 11.3 Å². The van der Waals surface area contributed by atoms with Crippen LogP contribution in [0.2, 0.25) is 0 Å². The molecule has 0 spiro atoms. The van der Waals surface area contributed by atoms with Crippen molar-refractivity contribution in [2.75, 3.05) is 18.4 Å². The summed E-state index contributed by atoms with van der Waals surface area (Å²) in [4.78, 5) is 12.2. The van der Waals surface area contributed by atoms with Crippen molar-refractivity contribution in [1.29, 1.82) is 0 Å². The van der Waals surface area contributed by atoms with Crippen LogP contribution in [-0.2, 0) is 19.3 Å². The summed E-state index contributed by atoms with van der Waals surface area (Å²) in [7, 11) is 0. The molecule has 20 heavy (non-hydrogen) atoms. The van der Waals surface area contributed by atoms with E-state index in [1.165, 1.54) is 41.5 Å². The molecule has 0 saturated heterocycles. The van der Waals surface area contributed by atoms with Crippen LogP contribution in [0.4, 0.5) is 5.82 Å². The molecule has 0 bridgehead atoms. The Morgan fingerprint density at radius 1 is 1.25 bits per heavy atom. The smallest absolute Gasteiger partial charge is 0.138 e. The molecule has 1 aliphatic carbocycles. The van der Waals surface area contributed by atoms with Gasteiger partial charge >= 0.3 is 0 Å². The number of fused-ring (bicyclic) bond motifs is 3. The van der Waals surface area contributed by atoms with E-state index in [1.807, 2.05) is 11.3 Å². The van der Waals surface area contributed by atoms with Crippen LogP contribution in [0, 0.1) is 0 Å². The number of aryl methyl sites for hydroxylation is 3. The lowest BCUT2D eigenvalue weighted by Crippen LogP contribution is -2.15. The number of thiophene rings is 1. The molecule has 2 heterocycles. The molecule has 1 aliphatic rings. The fourth-order valence-corrected chi connectivity index (χ4v) is 4.14. The second-order valence-electron chi connectivity index (χ2n) is 5.34. The van der Waals surface area contributed by atoms with Crippen molar-refractivity contribution < 1.29 is 0 Å². The zero-order chi connectivity index (χ0) is 13.9. The molecule has 5 heteroatoms. The molecule has 0 aromatic carbocycles. The van der Waals surface area contributed by atoms with Crippen LogP contribution in [0.1, 0.15) is 42.5 Å². The first-order chi connectivity index (χ1) is 9.83. The summed E-state index contributed by atoms with van der Waals surface area (Å²) >= 11 is 1.87. The van der Waals surface area contributed by atoms with Crippen LogP contribution >= 0.6 is 11.3 Å². The summed E-state index contributed by atoms with van der Waals surface area (Å²) in [6, 6.07) is 0. The monoisotopic (exact) mass is 290 g/mol. The van der Waals surface area contributed by atoms with Crippen molar-refractivity contribution in [1.82, 2.24) is 9.97 Å². The van der Waals surface area contributed by atoms with Gasteiger partial charge in [0.15, 0.2) is 0 Å². The molecule has 0 saturated carbocycles. The summed E-state index contributed by atoms with van der Waals surface area (Å²) in [5.41, 5.74) is 7.11. The molecule has 0 atom stereocenters. The minimum absolute atomic E-state index is 0.626. The number of hydrogen-bond acceptors (Lipinski definition) is 5. The Bertz CT molecular complexity index is 605. The first kappa shape index (κ1) is 13.8. The van der Waals surface area contributed by atoms with Crippen LogP contribution in [0.3, 0.4) is 0 Å². The lowest BCUT2D eigenvalue weighted by molar-refractivity contribution is 0.700. The summed E-state index contributed by atoms with van der Waals surface area (Å²) in [6.45, 7) is 3.56. The minimum Gasteiger partial charge on any atom is -0.368 e. The Kier molecular flexibility index (Phi) is 4.17. The SMILES string of the molecule is CCCc1nc(NCCN)c2c3c(sc2n1)CCCC3. The quantitative estimate of drug-likeness (QED) is 0.888. The largest absolute Gasteiger partial charge is 0.368 e. The lowest BCUT2D eigenvalue weighted by atomic mass is 9.97. The Hall–Kier alpha value is -1.20. The maximum atomic E-state index is 5.63. The highest BCUT2D eigenvalue weighted by atomic mass is 32.1. The zero-order valence-corrected chi connectivity index (χ0v) is 12.9. The normalized spacial score (nSPS) is 14.5. The molecule has 2 aromatic heterocycles. The summed E-state index contributed by atoms with van der Waals surface area (Å²) in [6.07, 6.45) is 6.98. The molecule has 0 amide bonds. The van der Waals surface area contributed by atoms with E-state index in [0.29, 0.717) is 6.54 Å². The number of rotatable bonds is 5. The van der Waals surface area contributed by atoms with Crippen molar-refractivity contribution in [3.63, 3.8) is 0 Å². The second-order valence-corrected chi connectivity index (χ2v) is 6.43. The van der Waals surface area contributed by atoms with Crippen LogP contribution in [-0.4, -0.2) is 23.1 Å². The molecule has 108 valence electrons. The van der Waals surface area contributed by atoms with Gasteiger partial charge in [0.05, 0.1) is 5.39 Å². The number of anilines is 1. The van der Waals surface area contributed by atoms with Crippen LogP contribution in [0.15, 0.2) is 0 Å². The van der Waals surface area contributed by atoms with Gasteiger partial charge in [-0.05, 0) is 37.7 Å². The van der Waals surface area contributed by atoms with Gasteiger partial charge in [-0.1, -0.05) is 6.92 Å². The second kappa shape index (κ2) is 6.06. The maximum absolute atomic E-state index is 5.63. The van der Waals surface area contributed by atoms with Gasteiger partial charge in [0.1, 0.15) is 16.5 Å². The van der Waals surface area contributed by atoms with Crippen LogP contribution in [0.25, 0.3) is 10.2 Å². The van der Waals surface area contributed by atoms with Crippen LogP contribution in [0.5, 0.6) is 0 Å². The fraction of sp³-hybridized carbons (Fsp3) is 0.600. The molecule has 3 rings (SSSR count). The lowest BCUT2D eigenvalue weighted by Gasteiger charge is -2.13. The Balaban J connectivity index is 2.11. The number of nitrogens with zero attached hydrogens (tertiary/aromatic N) is 2. The highest BCUT2D eigenvalue weighted by molar-refractivity contribution is 7.19. The average Bonchev–Trinajstić information content (AvgIpc) is 2.83. The molecule has 0 unspecified atom stereocenters. The minimum atomic E-state index is 0.626. The van der Waals surface area contributed by atoms with Crippen LogP contribution < -0.4 is 11.1 Å². The van der Waals surface area contributed by atoms with Gasteiger partial charge in [0, 0.05) is 24.4 Å². The van der Waals surface area contributed by atoms with Gasteiger partial charge < -0.3 is 11.1 Å². The molecule has 4 nitrogen and oxygen atoms in total. The third-order valence-corrected chi connectivity index (χ3v) is 4.96. The Morgan fingerprint density at radius 3 is 2.90 bits per heavy atom. The van der Waals surface area contributed by atoms with Gasteiger partial charge in [-0.3, -0.25) is 0 Å². The third-order valence-electron chi connectivity index (χ3n) is 3.77. The van der Waals surface area contributed by atoms with E-state index in [2.05, 4.69) is 12.2 Å². The average molecular weight is 290 g/mol. The highest BCUT2D eigenvalue weighted by Crippen LogP contribution is 2.38. The standard InChI is InChI=1S/C15H22N4S/c1-2-5-12-18-14(17-9-8-16)13-10-6-3-4-7-11(10)20-15(13)19-12/h2-9,16H2,1H3,(H,17,18,19). The van der Waals surface area contributed by atoms with Crippen molar-refractivity contribution in [3.05, 3.63) is 16.3 Å². The van der Waals surface area contributed by atoms with Crippen molar-refractivity contribution >= 4 is 27.4 Å². The number of aromatic nitrogens is 2. The predicted octanol–water partition coefficient (Wildman–Crippen LogP) is 2.89. The van der Waals surface area contributed by atoms with Crippen molar-refractivity contribution in [2.45, 2.75) is 45.4 Å². The highest BCUT2D eigenvalue weighted by Gasteiger charge is 2.20. The van der Waals surface area contributed by atoms with E-state index >= 15 is 0 Å². The number of nitrogens with one attached hydrogen (secondary N) is 1. The van der Waals surface area contributed by atoms with E-state index in [-0.39, 0.29) is 0 Å². The van der Waals surface area contributed by atoms with Gasteiger partial charge in [0.25, 0.3) is 0 Å². The van der Waals surface area contributed by atoms with Crippen molar-refractivity contribution in [3.8, 4) is 0 Å². The Morgan fingerprint density at radius 2 is 2.10 bits per heavy atom. The zero-order valence-electron chi connectivity index (χ0n) is 12.0. The third kappa shape index (κ3) is 2.52. The van der Waals surface area contributed by atoms with Gasteiger partial charge in [-0.25, -0.2) is 9.97 Å².